The Morgan fingerprint density at radius 3 is 3.17 bits per heavy atom. The zero-order valence-electron chi connectivity index (χ0n) is 10.6. The van der Waals surface area contributed by atoms with Crippen molar-refractivity contribution in [2.45, 2.75) is 6.04 Å². The molecule has 2 aromatic heterocycles. The van der Waals surface area contributed by atoms with Crippen molar-refractivity contribution < 1.29 is 4.74 Å². The van der Waals surface area contributed by atoms with Gasteiger partial charge in [0.1, 0.15) is 5.52 Å². The van der Waals surface area contributed by atoms with Gasteiger partial charge in [-0.1, -0.05) is 0 Å². The number of nitrogens with zero attached hydrogens (tertiary/aromatic N) is 3. The second-order valence-corrected chi connectivity index (χ2v) is 4.63. The Kier molecular flexibility index (Phi) is 2.89. The first kappa shape index (κ1) is 11.4. The number of aromatic nitrogens is 3. The molecule has 3 rings (SSSR count). The molecule has 6 heteroatoms. The molecule has 0 aromatic carbocycles. The van der Waals surface area contributed by atoms with Gasteiger partial charge >= 0.3 is 6.01 Å². The quantitative estimate of drug-likeness (QED) is 0.811. The molecule has 2 N–H and O–H groups in total. The van der Waals surface area contributed by atoms with Gasteiger partial charge in [0, 0.05) is 37.4 Å². The summed E-state index contributed by atoms with van der Waals surface area (Å²) >= 11 is 0. The minimum Gasteiger partial charge on any atom is -0.467 e. The number of nitrogens with one attached hydrogen (secondary N) is 2. The van der Waals surface area contributed by atoms with Gasteiger partial charge < -0.3 is 19.9 Å². The van der Waals surface area contributed by atoms with E-state index < -0.39 is 0 Å². The molecule has 1 aliphatic rings. The average molecular weight is 247 g/mol. The van der Waals surface area contributed by atoms with Crippen LogP contribution in [0.1, 0.15) is 11.6 Å². The molecule has 1 atom stereocenters. The summed E-state index contributed by atoms with van der Waals surface area (Å²) in [6.45, 7) is 3.06. The molecule has 1 saturated heterocycles. The first-order valence-electron chi connectivity index (χ1n) is 6.08. The SMILES string of the molecule is COc1ncc2[nH]cc(C3CN(C)CCN3)c2n1. The average Bonchev–Trinajstić information content (AvgIpc) is 2.81. The van der Waals surface area contributed by atoms with Crippen LogP contribution in [-0.2, 0) is 0 Å². The van der Waals surface area contributed by atoms with Crippen molar-refractivity contribution in [3.05, 3.63) is 18.0 Å². The summed E-state index contributed by atoms with van der Waals surface area (Å²) in [5.41, 5.74) is 3.06. The molecular weight excluding hydrogens is 230 g/mol. The number of ether oxygens (including phenoxy) is 1. The number of likely N-dealkylation sites (N-methyl/N-ethyl adjacent to an activating group) is 1. The second kappa shape index (κ2) is 4.55. The van der Waals surface area contributed by atoms with Crippen LogP contribution in [0.2, 0.25) is 0 Å². The third kappa shape index (κ3) is 1.93. The van der Waals surface area contributed by atoms with Crippen LogP contribution in [0.3, 0.4) is 0 Å². The molecule has 18 heavy (non-hydrogen) atoms. The van der Waals surface area contributed by atoms with E-state index in [4.69, 9.17) is 4.74 Å². The Bertz CT molecular complexity index is 552. The third-order valence-electron chi connectivity index (χ3n) is 3.36. The summed E-state index contributed by atoms with van der Waals surface area (Å²) in [7, 11) is 3.72. The van der Waals surface area contributed by atoms with Crippen molar-refractivity contribution in [3.8, 4) is 6.01 Å². The zero-order chi connectivity index (χ0) is 12.5. The molecule has 0 aliphatic carbocycles. The topological polar surface area (TPSA) is 66.1 Å². The smallest absolute Gasteiger partial charge is 0.316 e. The van der Waals surface area contributed by atoms with Gasteiger partial charge in [-0.05, 0) is 7.05 Å². The Balaban J connectivity index is 2.00. The van der Waals surface area contributed by atoms with Crippen LogP contribution in [0.25, 0.3) is 11.0 Å². The fourth-order valence-corrected chi connectivity index (χ4v) is 2.38. The number of fused-ring (bicyclic) bond motifs is 1. The van der Waals surface area contributed by atoms with Gasteiger partial charge in [-0.2, -0.15) is 4.98 Å². The molecule has 1 fully saturated rings. The normalized spacial score (nSPS) is 21.3. The maximum absolute atomic E-state index is 5.09. The summed E-state index contributed by atoms with van der Waals surface area (Å²) < 4.78 is 5.09. The third-order valence-corrected chi connectivity index (χ3v) is 3.36. The fraction of sp³-hybridized carbons (Fsp3) is 0.500. The van der Waals surface area contributed by atoms with E-state index in [0.717, 1.165) is 30.7 Å². The molecule has 1 aliphatic heterocycles. The predicted molar refractivity (Wildman–Crippen MR) is 68.7 cm³/mol. The molecule has 6 nitrogen and oxygen atoms in total. The van der Waals surface area contributed by atoms with Crippen molar-refractivity contribution in [2.75, 3.05) is 33.8 Å². The number of aromatic amines is 1. The number of H-pyrrole nitrogens is 1. The van der Waals surface area contributed by atoms with Gasteiger partial charge in [-0.3, -0.25) is 0 Å². The first-order valence-corrected chi connectivity index (χ1v) is 6.08. The highest BCUT2D eigenvalue weighted by Gasteiger charge is 2.22. The monoisotopic (exact) mass is 247 g/mol. The molecule has 2 aromatic rings. The molecule has 0 spiro atoms. The van der Waals surface area contributed by atoms with E-state index in [-0.39, 0.29) is 0 Å². The maximum atomic E-state index is 5.09. The molecule has 0 radical (unpaired) electrons. The number of rotatable bonds is 2. The van der Waals surface area contributed by atoms with Gasteiger partial charge in [0.2, 0.25) is 0 Å². The first-order chi connectivity index (χ1) is 8.78. The molecule has 3 heterocycles. The van der Waals surface area contributed by atoms with E-state index in [1.165, 1.54) is 5.56 Å². The van der Waals surface area contributed by atoms with E-state index in [1.54, 1.807) is 13.3 Å². The number of hydrogen-bond donors (Lipinski definition) is 2. The summed E-state index contributed by atoms with van der Waals surface area (Å²) in [5, 5.41) is 3.52. The van der Waals surface area contributed by atoms with E-state index in [2.05, 4.69) is 32.2 Å². The predicted octanol–water partition coefficient (Wildman–Crippen LogP) is 0.543. The molecular formula is C12H17N5O. The van der Waals surface area contributed by atoms with Crippen LogP contribution in [0.15, 0.2) is 12.4 Å². The Morgan fingerprint density at radius 1 is 1.50 bits per heavy atom. The Hall–Kier alpha value is -1.66. The van der Waals surface area contributed by atoms with Crippen molar-refractivity contribution in [3.63, 3.8) is 0 Å². The lowest BCUT2D eigenvalue weighted by Crippen LogP contribution is -2.43. The molecule has 0 amide bonds. The Morgan fingerprint density at radius 2 is 2.39 bits per heavy atom. The summed E-state index contributed by atoms with van der Waals surface area (Å²) in [4.78, 5) is 14.1. The maximum Gasteiger partial charge on any atom is 0.316 e. The molecule has 0 saturated carbocycles. The van der Waals surface area contributed by atoms with Crippen molar-refractivity contribution in [1.29, 1.82) is 0 Å². The van der Waals surface area contributed by atoms with Gasteiger partial charge in [0.15, 0.2) is 0 Å². The van der Waals surface area contributed by atoms with Crippen molar-refractivity contribution in [2.24, 2.45) is 0 Å². The summed E-state index contributed by atoms with van der Waals surface area (Å²) in [5.74, 6) is 0. The van der Waals surface area contributed by atoms with Crippen molar-refractivity contribution >= 4 is 11.0 Å². The molecule has 1 unspecified atom stereocenters. The number of methoxy groups -OCH3 is 1. The lowest BCUT2D eigenvalue weighted by Gasteiger charge is -2.30. The second-order valence-electron chi connectivity index (χ2n) is 4.63. The largest absolute Gasteiger partial charge is 0.467 e. The number of piperazine rings is 1. The van der Waals surface area contributed by atoms with Gasteiger partial charge in [-0.25, -0.2) is 4.98 Å². The van der Waals surface area contributed by atoms with Crippen LogP contribution in [-0.4, -0.2) is 53.6 Å². The van der Waals surface area contributed by atoms with Crippen LogP contribution in [0, 0.1) is 0 Å². The summed E-state index contributed by atoms with van der Waals surface area (Å²) in [6, 6.07) is 0.713. The van der Waals surface area contributed by atoms with E-state index in [9.17, 15) is 0 Å². The fourth-order valence-electron chi connectivity index (χ4n) is 2.38. The van der Waals surface area contributed by atoms with E-state index in [0.29, 0.717) is 12.1 Å². The Labute approximate surface area is 105 Å². The van der Waals surface area contributed by atoms with Gasteiger partial charge in [0.05, 0.1) is 18.8 Å². The zero-order valence-corrected chi connectivity index (χ0v) is 10.6. The summed E-state index contributed by atoms with van der Waals surface area (Å²) in [6.07, 6.45) is 3.77. The lowest BCUT2D eigenvalue weighted by atomic mass is 10.1. The van der Waals surface area contributed by atoms with Gasteiger partial charge in [-0.15, -0.1) is 0 Å². The highest BCUT2D eigenvalue weighted by Crippen LogP contribution is 2.25. The van der Waals surface area contributed by atoms with E-state index in [1.807, 2.05) is 6.20 Å². The van der Waals surface area contributed by atoms with Crippen LogP contribution in [0.5, 0.6) is 6.01 Å². The van der Waals surface area contributed by atoms with Crippen molar-refractivity contribution in [1.82, 2.24) is 25.2 Å². The van der Waals surface area contributed by atoms with Crippen LogP contribution >= 0.6 is 0 Å². The highest BCUT2D eigenvalue weighted by molar-refractivity contribution is 5.78. The standard InChI is InChI=1S/C12H17N5O/c1-17-4-3-13-10(7-17)8-5-14-9-6-15-12(18-2)16-11(8)9/h5-6,10,13-14H,3-4,7H2,1-2H3. The molecule has 96 valence electrons. The lowest BCUT2D eigenvalue weighted by molar-refractivity contribution is 0.241. The minimum atomic E-state index is 0.303. The molecule has 0 bridgehead atoms. The van der Waals surface area contributed by atoms with Crippen LogP contribution in [0.4, 0.5) is 0 Å². The number of hydrogen-bond acceptors (Lipinski definition) is 5. The van der Waals surface area contributed by atoms with E-state index >= 15 is 0 Å². The minimum absolute atomic E-state index is 0.303. The van der Waals surface area contributed by atoms with Gasteiger partial charge in [0.25, 0.3) is 0 Å². The highest BCUT2D eigenvalue weighted by atomic mass is 16.5. The van der Waals surface area contributed by atoms with Crippen LogP contribution < -0.4 is 10.1 Å².